The first-order valence-corrected chi connectivity index (χ1v) is 4.69. The minimum absolute atomic E-state index is 0.154. The van der Waals surface area contributed by atoms with E-state index in [1.54, 1.807) is 0 Å². The van der Waals surface area contributed by atoms with Crippen molar-refractivity contribution in [3.05, 3.63) is 45.8 Å². The van der Waals surface area contributed by atoms with E-state index in [2.05, 4.69) is 10.3 Å². The van der Waals surface area contributed by atoms with Crippen molar-refractivity contribution in [2.24, 2.45) is 0 Å². The van der Waals surface area contributed by atoms with Gasteiger partial charge in [-0.05, 0) is 0 Å². The number of benzene rings is 1. The van der Waals surface area contributed by atoms with Crippen LogP contribution in [0.25, 0.3) is 5.69 Å². The average Bonchev–Trinajstić information content (AvgIpc) is 2.77. The van der Waals surface area contributed by atoms with E-state index >= 15 is 0 Å². The van der Waals surface area contributed by atoms with Crippen molar-refractivity contribution >= 4 is 5.69 Å². The Kier molecular flexibility index (Phi) is 2.98. The van der Waals surface area contributed by atoms with Crippen LogP contribution in [0, 0.1) is 21.7 Å². The zero-order valence-corrected chi connectivity index (χ0v) is 8.75. The molecule has 0 saturated carbocycles. The van der Waals surface area contributed by atoms with E-state index in [9.17, 15) is 18.9 Å². The number of nitro benzene ring substituents is 1. The number of nitro groups is 1. The summed E-state index contributed by atoms with van der Waals surface area (Å²) < 4.78 is 27.5. The number of halogens is 2. The highest BCUT2D eigenvalue weighted by molar-refractivity contribution is 5.45. The van der Waals surface area contributed by atoms with E-state index in [1.165, 1.54) is 6.20 Å². The van der Waals surface area contributed by atoms with Crippen molar-refractivity contribution in [1.82, 2.24) is 15.0 Å². The molecule has 0 atom stereocenters. The Bertz CT molecular complexity index is 614. The first kappa shape index (κ1) is 12.0. The molecule has 0 unspecified atom stereocenters. The van der Waals surface area contributed by atoms with Crippen LogP contribution in [-0.4, -0.2) is 25.0 Å². The van der Waals surface area contributed by atoms with Gasteiger partial charge in [-0.1, -0.05) is 5.21 Å². The predicted octanol–water partition coefficient (Wildman–Crippen LogP) is 0.946. The zero-order valence-electron chi connectivity index (χ0n) is 8.75. The monoisotopic (exact) mass is 256 g/mol. The van der Waals surface area contributed by atoms with Gasteiger partial charge in [-0.25, -0.2) is 9.07 Å². The lowest BCUT2D eigenvalue weighted by Gasteiger charge is -2.02. The van der Waals surface area contributed by atoms with E-state index < -0.39 is 28.9 Å². The van der Waals surface area contributed by atoms with Crippen LogP contribution in [-0.2, 0) is 6.61 Å². The number of nitrogens with zero attached hydrogens (tertiary/aromatic N) is 4. The normalized spacial score (nSPS) is 10.6. The fourth-order valence-electron chi connectivity index (χ4n) is 1.33. The van der Waals surface area contributed by atoms with Crippen molar-refractivity contribution in [1.29, 1.82) is 0 Å². The molecular weight excluding hydrogens is 250 g/mol. The third-order valence-electron chi connectivity index (χ3n) is 2.16. The maximum absolute atomic E-state index is 13.5. The molecule has 9 heteroatoms. The lowest BCUT2D eigenvalue weighted by molar-refractivity contribution is -0.387. The van der Waals surface area contributed by atoms with Crippen LogP contribution in [0.3, 0.4) is 0 Å². The Hall–Kier alpha value is -2.42. The predicted molar refractivity (Wildman–Crippen MR) is 53.9 cm³/mol. The van der Waals surface area contributed by atoms with Gasteiger partial charge in [0.1, 0.15) is 11.4 Å². The van der Waals surface area contributed by atoms with Gasteiger partial charge in [0.15, 0.2) is 5.82 Å². The van der Waals surface area contributed by atoms with Crippen molar-refractivity contribution in [2.75, 3.05) is 0 Å². The Labute approximate surface area is 98.4 Å². The molecule has 94 valence electrons. The highest BCUT2D eigenvalue weighted by Gasteiger charge is 2.20. The highest BCUT2D eigenvalue weighted by atomic mass is 19.1. The molecule has 0 aliphatic carbocycles. The van der Waals surface area contributed by atoms with Gasteiger partial charge in [0.2, 0.25) is 5.82 Å². The number of hydrogen-bond acceptors (Lipinski definition) is 5. The van der Waals surface area contributed by atoms with Gasteiger partial charge < -0.3 is 5.11 Å². The van der Waals surface area contributed by atoms with Gasteiger partial charge in [-0.3, -0.25) is 10.1 Å². The quantitative estimate of drug-likeness (QED) is 0.651. The molecule has 1 aromatic heterocycles. The van der Waals surface area contributed by atoms with Crippen molar-refractivity contribution in [3.63, 3.8) is 0 Å². The molecule has 0 radical (unpaired) electrons. The van der Waals surface area contributed by atoms with Gasteiger partial charge in [-0.2, -0.15) is 4.39 Å². The van der Waals surface area contributed by atoms with Gasteiger partial charge in [0, 0.05) is 12.1 Å². The van der Waals surface area contributed by atoms with Crippen LogP contribution >= 0.6 is 0 Å². The summed E-state index contributed by atoms with van der Waals surface area (Å²) in [5.41, 5.74) is -1.04. The summed E-state index contributed by atoms with van der Waals surface area (Å²) in [5.74, 6) is -2.30. The van der Waals surface area contributed by atoms with Gasteiger partial charge in [0.25, 0.3) is 0 Å². The molecule has 0 aliphatic heterocycles. The molecule has 0 bridgehead atoms. The van der Waals surface area contributed by atoms with Gasteiger partial charge >= 0.3 is 5.69 Å². The fraction of sp³-hybridized carbons (Fsp3) is 0.111. The number of aromatic nitrogens is 3. The number of aliphatic hydroxyl groups excluding tert-OH is 1. The third-order valence-corrected chi connectivity index (χ3v) is 2.16. The molecule has 2 rings (SSSR count). The Morgan fingerprint density at radius 3 is 2.67 bits per heavy atom. The van der Waals surface area contributed by atoms with Crippen molar-refractivity contribution < 1.29 is 18.8 Å². The van der Waals surface area contributed by atoms with Crippen molar-refractivity contribution in [2.45, 2.75) is 6.61 Å². The Morgan fingerprint density at radius 1 is 1.39 bits per heavy atom. The lowest BCUT2D eigenvalue weighted by Crippen LogP contribution is -2.02. The molecule has 7 nitrogen and oxygen atoms in total. The second kappa shape index (κ2) is 4.45. The van der Waals surface area contributed by atoms with Gasteiger partial charge in [-0.15, -0.1) is 5.10 Å². The van der Waals surface area contributed by atoms with Crippen molar-refractivity contribution in [3.8, 4) is 5.69 Å². The molecule has 0 fully saturated rings. The minimum atomic E-state index is -1.27. The van der Waals surface area contributed by atoms with Crippen LogP contribution in [0.2, 0.25) is 0 Å². The maximum atomic E-state index is 13.5. The van der Waals surface area contributed by atoms with E-state index in [4.69, 9.17) is 5.11 Å². The third kappa shape index (κ3) is 2.02. The molecule has 2 aromatic rings. The molecule has 1 N–H and O–H groups in total. The Morgan fingerprint density at radius 2 is 2.11 bits per heavy atom. The van der Waals surface area contributed by atoms with E-state index in [-0.39, 0.29) is 11.4 Å². The van der Waals surface area contributed by atoms with Crippen LogP contribution in [0.5, 0.6) is 0 Å². The summed E-state index contributed by atoms with van der Waals surface area (Å²) >= 11 is 0. The second-order valence-corrected chi connectivity index (χ2v) is 3.32. The first-order chi connectivity index (χ1) is 8.52. The average molecular weight is 256 g/mol. The standard InChI is InChI=1S/C9H6F2N4O3/c10-6-1-7(11)9(15(17)18)2-8(6)14-3-5(4-16)12-13-14/h1-3,16H,4H2. The summed E-state index contributed by atoms with van der Waals surface area (Å²) in [6.45, 7) is -0.412. The van der Waals surface area contributed by atoms with E-state index in [1.807, 2.05) is 0 Å². The first-order valence-electron chi connectivity index (χ1n) is 4.69. The maximum Gasteiger partial charge on any atom is 0.307 e. The summed E-state index contributed by atoms with van der Waals surface area (Å²) in [4.78, 5) is 9.57. The lowest BCUT2D eigenvalue weighted by atomic mass is 10.2. The van der Waals surface area contributed by atoms with Gasteiger partial charge in [0.05, 0.1) is 17.7 Å². The Balaban J connectivity index is 2.56. The molecule has 0 aliphatic rings. The molecule has 1 heterocycles. The highest BCUT2D eigenvalue weighted by Crippen LogP contribution is 2.23. The molecule has 0 amide bonds. The van der Waals surface area contributed by atoms with Crippen LogP contribution in [0.1, 0.15) is 5.69 Å². The second-order valence-electron chi connectivity index (χ2n) is 3.32. The van der Waals surface area contributed by atoms with Crippen LogP contribution in [0.4, 0.5) is 14.5 Å². The number of hydrogen-bond donors (Lipinski definition) is 1. The van der Waals surface area contributed by atoms with Crippen LogP contribution in [0.15, 0.2) is 18.3 Å². The molecular formula is C9H6F2N4O3. The fourth-order valence-corrected chi connectivity index (χ4v) is 1.33. The van der Waals surface area contributed by atoms with Crippen LogP contribution < -0.4 is 0 Å². The molecule has 0 spiro atoms. The van der Waals surface area contributed by atoms with E-state index in [0.29, 0.717) is 12.1 Å². The molecule has 1 aromatic carbocycles. The topological polar surface area (TPSA) is 94.1 Å². The molecule has 0 saturated heterocycles. The summed E-state index contributed by atoms with van der Waals surface area (Å²) in [6.07, 6.45) is 1.18. The minimum Gasteiger partial charge on any atom is -0.390 e. The largest absolute Gasteiger partial charge is 0.390 e. The summed E-state index contributed by atoms with van der Waals surface area (Å²) in [5, 5.41) is 26.3. The smallest absolute Gasteiger partial charge is 0.307 e. The number of rotatable bonds is 3. The number of aliphatic hydroxyl groups is 1. The SMILES string of the molecule is O=[N+]([O-])c1cc(-n2cc(CO)nn2)c(F)cc1F. The van der Waals surface area contributed by atoms with E-state index in [0.717, 1.165) is 4.68 Å². The summed E-state index contributed by atoms with van der Waals surface area (Å²) in [6, 6.07) is 1.11. The zero-order chi connectivity index (χ0) is 13.3. The summed E-state index contributed by atoms with van der Waals surface area (Å²) in [7, 11) is 0. The molecule has 18 heavy (non-hydrogen) atoms.